The molecule has 0 N–H and O–H groups in total. The number of ether oxygens (including phenoxy) is 2. The number of methoxy groups -OCH3 is 2. The van der Waals surface area contributed by atoms with Crippen LogP contribution in [-0.4, -0.2) is 33.8 Å². The van der Waals surface area contributed by atoms with Crippen molar-refractivity contribution in [1.29, 1.82) is 0 Å². The molecule has 112 valence electrons. The summed E-state index contributed by atoms with van der Waals surface area (Å²) in [5, 5.41) is 4.54. The molecule has 0 unspecified atom stereocenters. The molecule has 1 aliphatic rings. The second-order valence-corrected chi connectivity index (χ2v) is 5.30. The summed E-state index contributed by atoms with van der Waals surface area (Å²) in [6.45, 7) is 0. The first kappa shape index (κ1) is 13.1. The smallest absolute Gasteiger partial charge is 0.182 e. The molecular formula is C16H16N4O2. The van der Waals surface area contributed by atoms with Crippen LogP contribution < -0.4 is 9.47 Å². The van der Waals surface area contributed by atoms with Gasteiger partial charge in [0.1, 0.15) is 6.33 Å². The van der Waals surface area contributed by atoms with Crippen LogP contribution in [-0.2, 0) is 12.8 Å². The maximum atomic E-state index is 5.35. The van der Waals surface area contributed by atoms with Crippen molar-refractivity contribution in [2.24, 2.45) is 0 Å². The maximum Gasteiger partial charge on any atom is 0.182 e. The van der Waals surface area contributed by atoms with Crippen LogP contribution >= 0.6 is 0 Å². The maximum absolute atomic E-state index is 5.35. The van der Waals surface area contributed by atoms with Crippen molar-refractivity contribution in [3.8, 4) is 22.9 Å². The van der Waals surface area contributed by atoms with Crippen LogP contribution in [0.4, 0.5) is 0 Å². The van der Waals surface area contributed by atoms with Gasteiger partial charge in [0.2, 0.25) is 0 Å². The SMILES string of the molecule is COc1ccc(-c2nc3c4c(ncn3n2)CCC4)cc1OC. The molecule has 0 bridgehead atoms. The zero-order valence-corrected chi connectivity index (χ0v) is 12.5. The Morgan fingerprint density at radius 1 is 1.09 bits per heavy atom. The molecule has 3 aromatic rings. The van der Waals surface area contributed by atoms with Crippen LogP contribution in [0.1, 0.15) is 17.7 Å². The number of aryl methyl sites for hydroxylation is 2. The van der Waals surface area contributed by atoms with Gasteiger partial charge >= 0.3 is 0 Å². The van der Waals surface area contributed by atoms with Gasteiger partial charge in [0, 0.05) is 16.8 Å². The van der Waals surface area contributed by atoms with E-state index in [1.807, 2.05) is 18.2 Å². The van der Waals surface area contributed by atoms with Crippen molar-refractivity contribution >= 4 is 5.65 Å². The molecule has 0 spiro atoms. The quantitative estimate of drug-likeness (QED) is 0.742. The highest BCUT2D eigenvalue weighted by Gasteiger charge is 2.19. The van der Waals surface area contributed by atoms with E-state index in [0.29, 0.717) is 17.3 Å². The number of rotatable bonds is 3. The molecule has 0 saturated carbocycles. The molecule has 1 aliphatic carbocycles. The molecule has 1 aromatic carbocycles. The summed E-state index contributed by atoms with van der Waals surface area (Å²) in [6.07, 6.45) is 4.94. The second-order valence-electron chi connectivity index (χ2n) is 5.30. The van der Waals surface area contributed by atoms with E-state index in [1.54, 1.807) is 25.1 Å². The van der Waals surface area contributed by atoms with Gasteiger partial charge < -0.3 is 9.47 Å². The van der Waals surface area contributed by atoms with E-state index in [4.69, 9.17) is 14.5 Å². The predicted molar refractivity (Wildman–Crippen MR) is 81.3 cm³/mol. The molecule has 2 heterocycles. The third kappa shape index (κ3) is 1.91. The molecular weight excluding hydrogens is 280 g/mol. The average molecular weight is 296 g/mol. The lowest BCUT2D eigenvalue weighted by molar-refractivity contribution is 0.355. The summed E-state index contributed by atoms with van der Waals surface area (Å²) in [6, 6.07) is 5.69. The van der Waals surface area contributed by atoms with Gasteiger partial charge in [0.15, 0.2) is 23.0 Å². The molecule has 0 atom stereocenters. The molecule has 0 radical (unpaired) electrons. The number of benzene rings is 1. The van der Waals surface area contributed by atoms with Crippen LogP contribution in [0.5, 0.6) is 11.5 Å². The number of fused-ring (bicyclic) bond motifs is 3. The Kier molecular flexibility index (Phi) is 2.96. The Morgan fingerprint density at radius 3 is 2.77 bits per heavy atom. The molecule has 0 fully saturated rings. The van der Waals surface area contributed by atoms with E-state index in [2.05, 4.69) is 10.1 Å². The zero-order valence-electron chi connectivity index (χ0n) is 12.5. The Hall–Kier alpha value is -2.63. The van der Waals surface area contributed by atoms with Crippen molar-refractivity contribution in [1.82, 2.24) is 19.6 Å². The van der Waals surface area contributed by atoms with Gasteiger partial charge in [-0.3, -0.25) is 0 Å². The summed E-state index contributed by atoms with van der Waals surface area (Å²) in [4.78, 5) is 9.17. The fraction of sp³-hybridized carbons (Fsp3) is 0.312. The van der Waals surface area contributed by atoms with Crippen molar-refractivity contribution in [2.75, 3.05) is 14.2 Å². The largest absolute Gasteiger partial charge is 0.493 e. The molecule has 0 amide bonds. The molecule has 2 aromatic heterocycles. The van der Waals surface area contributed by atoms with Gasteiger partial charge in [-0.05, 0) is 37.5 Å². The Bertz CT molecular complexity index is 857. The van der Waals surface area contributed by atoms with Crippen LogP contribution in [0.3, 0.4) is 0 Å². The third-order valence-electron chi connectivity index (χ3n) is 4.05. The monoisotopic (exact) mass is 296 g/mol. The van der Waals surface area contributed by atoms with Crippen molar-refractivity contribution in [3.05, 3.63) is 35.8 Å². The lowest BCUT2D eigenvalue weighted by Gasteiger charge is -2.07. The highest BCUT2D eigenvalue weighted by Crippen LogP contribution is 2.32. The van der Waals surface area contributed by atoms with E-state index < -0.39 is 0 Å². The van der Waals surface area contributed by atoms with E-state index in [-0.39, 0.29) is 0 Å². The van der Waals surface area contributed by atoms with Crippen LogP contribution in [0, 0.1) is 0 Å². The van der Waals surface area contributed by atoms with Gasteiger partial charge in [0.25, 0.3) is 0 Å². The predicted octanol–water partition coefficient (Wildman–Crippen LogP) is 2.30. The van der Waals surface area contributed by atoms with Crippen molar-refractivity contribution in [2.45, 2.75) is 19.3 Å². The Morgan fingerprint density at radius 2 is 1.95 bits per heavy atom. The summed E-state index contributed by atoms with van der Waals surface area (Å²) in [5.74, 6) is 2.03. The Labute approximate surface area is 127 Å². The summed E-state index contributed by atoms with van der Waals surface area (Å²) < 4.78 is 12.4. The number of hydrogen-bond donors (Lipinski definition) is 0. The van der Waals surface area contributed by atoms with E-state index >= 15 is 0 Å². The van der Waals surface area contributed by atoms with Gasteiger partial charge in [-0.2, -0.15) is 0 Å². The van der Waals surface area contributed by atoms with Crippen LogP contribution in [0.25, 0.3) is 17.0 Å². The minimum absolute atomic E-state index is 0.669. The molecule has 4 rings (SSSR count). The number of aromatic nitrogens is 4. The van der Waals surface area contributed by atoms with E-state index in [1.165, 1.54) is 5.56 Å². The first-order chi connectivity index (χ1) is 10.8. The van der Waals surface area contributed by atoms with Gasteiger partial charge in [0.05, 0.1) is 14.2 Å². The Balaban J connectivity index is 1.85. The summed E-state index contributed by atoms with van der Waals surface area (Å²) >= 11 is 0. The van der Waals surface area contributed by atoms with Gasteiger partial charge in [-0.1, -0.05) is 0 Å². The summed E-state index contributed by atoms with van der Waals surface area (Å²) in [5.41, 5.74) is 4.18. The first-order valence-electron chi connectivity index (χ1n) is 7.25. The lowest BCUT2D eigenvalue weighted by atomic mass is 10.2. The minimum Gasteiger partial charge on any atom is -0.493 e. The molecule has 0 saturated heterocycles. The van der Waals surface area contributed by atoms with Crippen LogP contribution in [0.2, 0.25) is 0 Å². The van der Waals surface area contributed by atoms with Gasteiger partial charge in [-0.25, -0.2) is 14.5 Å². The molecule has 6 heteroatoms. The first-order valence-corrected chi connectivity index (χ1v) is 7.25. The fourth-order valence-corrected chi connectivity index (χ4v) is 2.94. The third-order valence-corrected chi connectivity index (χ3v) is 4.05. The molecule has 6 nitrogen and oxygen atoms in total. The van der Waals surface area contributed by atoms with E-state index in [0.717, 1.165) is 36.2 Å². The van der Waals surface area contributed by atoms with Gasteiger partial charge in [-0.15, -0.1) is 5.10 Å². The lowest BCUT2D eigenvalue weighted by Crippen LogP contribution is -1.96. The average Bonchev–Trinajstić information content (AvgIpc) is 3.19. The van der Waals surface area contributed by atoms with Crippen molar-refractivity contribution in [3.63, 3.8) is 0 Å². The molecule has 22 heavy (non-hydrogen) atoms. The number of hydrogen-bond acceptors (Lipinski definition) is 5. The highest BCUT2D eigenvalue weighted by atomic mass is 16.5. The minimum atomic E-state index is 0.669. The van der Waals surface area contributed by atoms with Crippen LogP contribution in [0.15, 0.2) is 24.5 Å². The fourth-order valence-electron chi connectivity index (χ4n) is 2.94. The highest BCUT2D eigenvalue weighted by molar-refractivity contribution is 5.64. The second kappa shape index (κ2) is 4.98. The topological polar surface area (TPSA) is 61.5 Å². The van der Waals surface area contributed by atoms with E-state index in [9.17, 15) is 0 Å². The standard InChI is InChI=1S/C16H16N4O2/c1-21-13-7-6-10(8-14(13)22-2)15-18-16-11-4-3-5-12(11)17-9-20(16)19-15/h6-9H,3-5H2,1-2H3. The summed E-state index contributed by atoms with van der Waals surface area (Å²) in [7, 11) is 3.24. The molecule has 0 aliphatic heterocycles. The van der Waals surface area contributed by atoms with Crippen molar-refractivity contribution < 1.29 is 9.47 Å². The normalized spacial score (nSPS) is 13.4. The number of nitrogens with zero attached hydrogens (tertiary/aromatic N) is 4. The zero-order chi connectivity index (χ0) is 15.1.